The van der Waals surface area contributed by atoms with Crippen molar-refractivity contribution in [1.29, 1.82) is 0 Å². The van der Waals surface area contributed by atoms with Gasteiger partial charge in [-0.2, -0.15) is 0 Å². The van der Waals surface area contributed by atoms with Gasteiger partial charge in [0.2, 0.25) is 0 Å². The van der Waals surface area contributed by atoms with Crippen LogP contribution in [0.2, 0.25) is 0 Å². The van der Waals surface area contributed by atoms with Crippen molar-refractivity contribution < 1.29 is 168 Å². The lowest BCUT2D eigenvalue weighted by Gasteiger charge is -2.52. The average molecular weight is 1310 g/mol. The number of aliphatic hydroxyl groups excluding tert-OH is 17. The maximum atomic E-state index is 13.7. The maximum Gasteiger partial charge on any atom is 0.317 e. The van der Waals surface area contributed by atoms with Crippen molar-refractivity contribution >= 4 is 23.9 Å². The Morgan fingerprint density at radius 3 is 1.39 bits per heavy atom. The number of carbonyl (C=O) groups is 4. The Morgan fingerprint density at radius 2 is 0.856 bits per heavy atom. The van der Waals surface area contributed by atoms with Crippen LogP contribution in [0.1, 0.15) is 89.9 Å². The fraction of sp³-hybridized carbons (Fsp3) is 0.929. The van der Waals surface area contributed by atoms with Crippen LogP contribution >= 0.6 is 0 Å². The second-order valence-electron chi connectivity index (χ2n) is 25.3. The molecule has 4 saturated carbocycles. The van der Waals surface area contributed by atoms with Gasteiger partial charge in [0.25, 0.3) is 0 Å². The zero-order chi connectivity index (χ0) is 65.2. The Hall–Kier alpha value is -3.16. The summed E-state index contributed by atoms with van der Waals surface area (Å²) in [5.41, 5.74) is 0. The van der Waals surface area contributed by atoms with Gasteiger partial charge in [0, 0.05) is 18.8 Å². The van der Waals surface area contributed by atoms with Crippen molar-refractivity contribution in [2.24, 2.45) is 23.7 Å². The summed E-state index contributed by atoms with van der Waals surface area (Å²) < 4.78 is 70.6. The predicted molar refractivity (Wildman–Crippen MR) is 285 cm³/mol. The van der Waals surface area contributed by atoms with Gasteiger partial charge in [0.15, 0.2) is 25.2 Å². The molecule has 4 aliphatic carbocycles. The highest BCUT2D eigenvalue weighted by Gasteiger charge is 2.57. The van der Waals surface area contributed by atoms with Crippen molar-refractivity contribution in [2.75, 3.05) is 26.4 Å². The largest absolute Gasteiger partial charge is 0.481 e. The summed E-state index contributed by atoms with van der Waals surface area (Å²) in [7, 11) is 0. The van der Waals surface area contributed by atoms with E-state index in [9.17, 15) is 106 Å². The molecule has 5 saturated heterocycles. The van der Waals surface area contributed by atoms with E-state index in [-0.39, 0.29) is 57.8 Å². The Balaban J connectivity index is 0.850. The van der Waals surface area contributed by atoms with Crippen LogP contribution in [0.4, 0.5) is 0 Å². The van der Waals surface area contributed by atoms with E-state index in [1.807, 2.05) is 0 Å². The first-order valence-corrected chi connectivity index (χ1v) is 30.8. The topological polar surface area (TPSA) is 543 Å². The van der Waals surface area contributed by atoms with Crippen LogP contribution in [0.3, 0.4) is 0 Å². The number of hydrogen-bond acceptors (Lipinski definition) is 33. The van der Waals surface area contributed by atoms with Crippen molar-refractivity contribution in [3.05, 3.63) is 0 Å². The minimum atomic E-state index is -2.04. The van der Waals surface area contributed by atoms with E-state index in [0.717, 1.165) is 0 Å². The first kappa shape index (κ1) is 71.1. The highest BCUT2D eigenvalue weighted by atomic mass is 16.8. The lowest BCUT2D eigenvalue weighted by molar-refractivity contribution is -0.375. The number of carboxylic acids is 1. The van der Waals surface area contributed by atoms with E-state index in [0.29, 0.717) is 25.7 Å². The molecule has 0 aromatic heterocycles. The summed E-state index contributed by atoms with van der Waals surface area (Å²) in [5, 5.41) is 193. The van der Waals surface area contributed by atoms with Crippen LogP contribution < -0.4 is 0 Å². The molecule has 34 nitrogen and oxygen atoms in total. The molecule has 90 heavy (non-hydrogen) atoms. The molecule has 9 rings (SSSR count). The number of ether oxygens (including phenoxy) is 12. The Kier molecular flexibility index (Phi) is 24.6. The second-order valence-corrected chi connectivity index (χ2v) is 25.3. The molecule has 9 fully saturated rings. The Morgan fingerprint density at radius 1 is 0.400 bits per heavy atom. The van der Waals surface area contributed by atoms with Gasteiger partial charge in [-0.05, 0) is 76.5 Å². The molecular formula is C56H88O34. The summed E-state index contributed by atoms with van der Waals surface area (Å²) >= 11 is 0. The number of aliphatic carboxylic acids is 1. The molecule has 0 bridgehead atoms. The summed E-state index contributed by atoms with van der Waals surface area (Å²) in [5.74, 6) is -6.91. The summed E-state index contributed by atoms with van der Waals surface area (Å²) in [4.78, 5) is 49.5. The number of rotatable bonds is 20. The van der Waals surface area contributed by atoms with Gasteiger partial charge < -0.3 is 149 Å². The van der Waals surface area contributed by atoms with E-state index in [1.54, 1.807) is 0 Å². The van der Waals surface area contributed by atoms with E-state index < -0.39 is 264 Å². The maximum absolute atomic E-state index is 13.7. The normalized spacial score (nSPS) is 48.5. The van der Waals surface area contributed by atoms with Gasteiger partial charge in [-0.1, -0.05) is 0 Å². The molecule has 18 N–H and O–H groups in total. The third-order valence-corrected chi connectivity index (χ3v) is 19.1. The van der Waals surface area contributed by atoms with Gasteiger partial charge in [0.05, 0.1) is 73.4 Å². The summed E-state index contributed by atoms with van der Waals surface area (Å²) in [6, 6.07) is 0. The van der Waals surface area contributed by atoms with E-state index in [1.165, 1.54) is 0 Å². The summed E-state index contributed by atoms with van der Waals surface area (Å²) in [6.45, 7) is -2.81. The van der Waals surface area contributed by atoms with Gasteiger partial charge in [-0.15, -0.1) is 0 Å². The number of esters is 3. The van der Waals surface area contributed by atoms with Crippen LogP contribution in [-0.2, 0) is 76.0 Å². The number of hydrogen-bond donors (Lipinski definition) is 18. The van der Waals surface area contributed by atoms with Crippen molar-refractivity contribution in [1.82, 2.24) is 0 Å². The van der Waals surface area contributed by atoms with Crippen LogP contribution in [0, 0.1) is 23.7 Å². The second kappa shape index (κ2) is 31.1. The zero-order valence-electron chi connectivity index (χ0n) is 48.9. The Bertz CT molecular complexity index is 2310. The van der Waals surface area contributed by atoms with Gasteiger partial charge in [-0.3, -0.25) is 19.2 Å². The van der Waals surface area contributed by atoms with Crippen LogP contribution in [0.15, 0.2) is 0 Å². The minimum absolute atomic E-state index is 0.113. The molecule has 0 aromatic carbocycles. The van der Waals surface area contributed by atoms with Crippen LogP contribution in [0.25, 0.3) is 0 Å². The molecule has 8 unspecified atom stereocenters. The van der Waals surface area contributed by atoms with Crippen LogP contribution in [0.5, 0.6) is 0 Å². The molecule has 5 heterocycles. The highest BCUT2D eigenvalue weighted by Crippen LogP contribution is 2.45. The Labute approximate surface area is 514 Å². The summed E-state index contributed by atoms with van der Waals surface area (Å²) in [6.07, 6.45) is -46.3. The van der Waals surface area contributed by atoms with Gasteiger partial charge in [-0.25, -0.2) is 0 Å². The highest BCUT2D eigenvalue weighted by molar-refractivity contribution is 5.90. The molecular weight excluding hydrogens is 1220 g/mol. The van der Waals surface area contributed by atoms with E-state index >= 15 is 0 Å². The van der Waals surface area contributed by atoms with Crippen molar-refractivity contribution in [2.45, 2.75) is 274 Å². The fourth-order valence-corrected chi connectivity index (χ4v) is 13.7. The first-order valence-electron chi connectivity index (χ1n) is 30.8. The number of carboxylic acid groups (broad SMARTS) is 1. The van der Waals surface area contributed by atoms with Gasteiger partial charge >= 0.3 is 23.9 Å². The third kappa shape index (κ3) is 16.5. The monoisotopic (exact) mass is 1300 g/mol. The minimum Gasteiger partial charge on any atom is -0.481 e. The van der Waals surface area contributed by atoms with E-state index in [4.69, 9.17) is 61.9 Å². The smallest absolute Gasteiger partial charge is 0.317 e. The number of carbonyl (C=O) groups excluding carboxylic acids is 3. The predicted octanol–water partition coefficient (Wildman–Crippen LogP) is -8.34. The third-order valence-electron chi connectivity index (χ3n) is 19.1. The number of fused-ring (bicyclic) bond motifs is 1. The van der Waals surface area contributed by atoms with Crippen LogP contribution in [-0.4, -0.2) is 326 Å². The molecule has 5 aliphatic heterocycles. The molecule has 28 atom stereocenters. The lowest BCUT2D eigenvalue weighted by Crippen LogP contribution is -2.65. The van der Waals surface area contributed by atoms with Gasteiger partial charge in [0.1, 0.15) is 130 Å². The first-order chi connectivity index (χ1) is 42.7. The van der Waals surface area contributed by atoms with Crippen molar-refractivity contribution in [3.8, 4) is 0 Å². The average Bonchev–Trinajstić information content (AvgIpc) is 0.802. The van der Waals surface area contributed by atoms with E-state index in [2.05, 4.69) is 0 Å². The fourth-order valence-electron chi connectivity index (χ4n) is 13.7. The molecule has 0 spiro atoms. The van der Waals surface area contributed by atoms with Crippen molar-refractivity contribution in [3.63, 3.8) is 0 Å². The SMILES string of the molecule is O=C(O)CC(=O)OC[C@H]1O[C@@H](OC2CC3C(O)CC(O[C@@H]4O[C@H](COC(=O)C5CCC(O[C@@H]6O[C@H](COC(=O)C7CCC(O)CC7)[C@@H](O)[C@H](O)[C@H]6O)CC5)[C@@H](O)[C@H](O)[C@H]4O[C@@H]4O[C@H](CO)[C@@H](O)[C@H](O)[C@H]4O)CC3OC2C2CC(O)C(O)C(O)C2)[C@H](O)[C@@H](O)[C@@H]1O. The molecule has 34 heteroatoms. The molecule has 0 aromatic rings. The quantitative estimate of drug-likeness (QED) is 0.0306. The molecule has 516 valence electrons. The number of aliphatic hydroxyl groups is 17. The molecule has 0 amide bonds. The molecule has 0 radical (unpaired) electrons. The zero-order valence-corrected chi connectivity index (χ0v) is 48.9. The molecule has 9 aliphatic rings. The lowest BCUT2D eigenvalue weighted by atomic mass is 9.72. The standard InChI is InChI=1S/C56H88O34/c57-15-31-38(66)42(70)48(76)55(86-31)90-50-45(73)41(69)34(18-81-52(78)20-3-7-23(8-4-20)82-53-46(74)43(71)40(68)33(87-53)17-80-51(77)19-1-5-22(58)6-2-19)89-56(50)83-24-11-26(59)25-13-30(49(84-29(25)12-24)21-9-27(60)37(65)28(61)10-21)85-54-47(75)44(72)39(67)32(88-54)16-79-36(64)14-35(62)63/h19-34,37-50,53-61,65-76H,1-18H2,(H,62,63)/t19?,20?,21?,22?,23?,24?,25?,26?,27?,28?,29?,30?,31-,32-,33-,34-,37?,38-,39-,40-,41-,42+,43+,44+,45+,46-,47-,48-,49?,50-,53-,54-,55+,56-/m1/s1.